The van der Waals surface area contributed by atoms with Crippen LogP contribution in [-0.2, 0) is 20.7 Å². The van der Waals surface area contributed by atoms with Crippen LogP contribution < -0.4 is 5.32 Å². The number of benzene rings is 1. The lowest BCUT2D eigenvalue weighted by atomic mass is 10.0. The number of esters is 1. The second-order valence-corrected chi connectivity index (χ2v) is 4.49. The van der Waals surface area contributed by atoms with Crippen molar-refractivity contribution >= 4 is 17.8 Å². The van der Waals surface area contributed by atoms with Crippen LogP contribution in [-0.4, -0.2) is 36.1 Å². The molecule has 0 saturated carbocycles. The number of hydrogen-bond donors (Lipinski definition) is 2. The number of carbonyl (C=O) groups excluding carboxylic acids is 2. The number of amides is 1. The zero-order valence-corrected chi connectivity index (χ0v) is 12.1. The van der Waals surface area contributed by atoms with Gasteiger partial charge in [0.15, 0.2) is 0 Å². The van der Waals surface area contributed by atoms with Crippen molar-refractivity contribution in [1.82, 2.24) is 5.32 Å². The molecule has 21 heavy (non-hydrogen) atoms. The molecule has 0 aliphatic heterocycles. The Morgan fingerprint density at radius 2 is 1.95 bits per heavy atom. The van der Waals surface area contributed by atoms with Crippen LogP contribution in [0, 0.1) is 0 Å². The van der Waals surface area contributed by atoms with E-state index in [4.69, 9.17) is 5.11 Å². The average molecular weight is 293 g/mol. The molecule has 1 unspecified atom stereocenters. The van der Waals surface area contributed by atoms with E-state index in [1.165, 1.54) is 7.11 Å². The van der Waals surface area contributed by atoms with Gasteiger partial charge in [0.25, 0.3) is 5.91 Å². The molecule has 0 bridgehead atoms. The van der Waals surface area contributed by atoms with Gasteiger partial charge in [-0.25, -0.2) is 4.79 Å². The number of carboxylic acid groups (broad SMARTS) is 1. The third kappa shape index (κ3) is 4.91. The van der Waals surface area contributed by atoms with Gasteiger partial charge < -0.3 is 15.2 Å². The molecular weight excluding hydrogens is 274 g/mol. The molecule has 0 saturated heterocycles. The van der Waals surface area contributed by atoms with E-state index < -0.39 is 23.9 Å². The maximum absolute atomic E-state index is 12.2. The highest BCUT2D eigenvalue weighted by molar-refractivity contribution is 5.97. The number of nitrogens with one attached hydrogen (secondary N) is 1. The Hall–Kier alpha value is -2.37. The lowest BCUT2D eigenvalue weighted by molar-refractivity contribution is -0.142. The van der Waals surface area contributed by atoms with Crippen molar-refractivity contribution < 1.29 is 24.2 Å². The number of aryl methyl sites for hydroxylation is 1. The second-order valence-electron chi connectivity index (χ2n) is 4.49. The van der Waals surface area contributed by atoms with Crippen LogP contribution in [0.4, 0.5) is 0 Å². The summed E-state index contributed by atoms with van der Waals surface area (Å²) in [6.07, 6.45) is 0.592. The molecule has 1 aromatic rings. The Labute approximate surface area is 123 Å². The summed E-state index contributed by atoms with van der Waals surface area (Å²) in [6, 6.07) is 5.88. The standard InChI is InChI=1S/C15H19NO5/c1-3-10-6-4-5-7-11(10)14(18)16-12(15(19)20)8-9-13(17)21-2/h4-7,12H,3,8-9H2,1-2H3,(H,16,18)(H,19,20). The first-order valence-corrected chi connectivity index (χ1v) is 6.68. The Kier molecular flexibility index (Phi) is 6.39. The summed E-state index contributed by atoms with van der Waals surface area (Å²) in [5.41, 5.74) is 1.29. The second kappa shape index (κ2) is 8.04. The molecule has 1 aromatic carbocycles. The Morgan fingerprint density at radius 3 is 2.52 bits per heavy atom. The normalized spacial score (nSPS) is 11.5. The van der Waals surface area contributed by atoms with E-state index in [1.807, 2.05) is 19.1 Å². The minimum absolute atomic E-state index is 0.0119. The lowest BCUT2D eigenvalue weighted by Crippen LogP contribution is -2.41. The van der Waals surface area contributed by atoms with Gasteiger partial charge in [-0.2, -0.15) is 0 Å². The topological polar surface area (TPSA) is 92.7 Å². The molecule has 0 spiro atoms. The number of rotatable bonds is 7. The maximum atomic E-state index is 12.2. The molecule has 0 aliphatic rings. The minimum atomic E-state index is -1.18. The van der Waals surface area contributed by atoms with Crippen molar-refractivity contribution in [2.75, 3.05) is 7.11 Å². The average Bonchev–Trinajstić information content (AvgIpc) is 2.50. The summed E-state index contributed by atoms with van der Waals surface area (Å²) in [7, 11) is 1.23. The summed E-state index contributed by atoms with van der Waals surface area (Å²) in [5, 5.41) is 11.6. The third-order valence-corrected chi connectivity index (χ3v) is 3.11. The SMILES string of the molecule is CCc1ccccc1C(=O)NC(CCC(=O)OC)C(=O)O. The molecule has 114 valence electrons. The number of aliphatic carboxylic acids is 1. The highest BCUT2D eigenvalue weighted by atomic mass is 16.5. The van der Waals surface area contributed by atoms with E-state index >= 15 is 0 Å². The van der Waals surface area contributed by atoms with Crippen molar-refractivity contribution in [3.8, 4) is 0 Å². The van der Waals surface area contributed by atoms with E-state index in [0.717, 1.165) is 5.56 Å². The third-order valence-electron chi connectivity index (χ3n) is 3.11. The highest BCUT2D eigenvalue weighted by Crippen LogP contribution is 2.10. The van der Waals surface area contributed by atoms with E-state index in [-0.39, 0.29) is 12.8 Å². The zero-order valence-electron chi connectivity index (χ0n) is 12.1. The maximum Gasteiger partial charge on any atom is 0.326 e. The smallest absolute Gasteiger partial charge is 0.326 e. The molecule has 0 aliphatic carbocycles. The molecule has 2 N–H and O–H groups in total. The molecule has 6 nitrogen and oxygen atoms in total. The van der Waals surface area contributed by atoms with Crippen LogP contribution in [0.25, 0.3) is 0 Å². The van der Waals surface area contributed by atoms with Crippen LogP contribution >= 0.6 is 0 Å². The van der Waals surface area contributed by atoms with Gasteiger partial charge >= 0.3 is 11.9 Å². The number of methoxy groups -OCH3 is 1. The molecule has 1 amide bonds. The largest absolute Gasteiger partial charge is 0.480 e. The fourth-order valence-electron chi connectivity index (χ4n) is 1.91. The van der Waals surface area contributed by atoms with Gasteiger partial charge in [0.2, 0.25) is 0 Å². The first-order valence-electron chi connectivity index (χ1n) is 6.68. The first-order chi connectivity index (χ1) is 9.99. The van der Waals surface area contributed by atoms with Gasteiger partial charge in [0, 0.05) is 12.0 Å². The van der Waals surface area contributed by atoms with Crippen molar-refractivity contribution in [1.29, 1.82) is 0 Å². The van der Waals surface area contributed by atoms with Gasteiger partial charge in [-0.15, -0.1) is 0 Å². The van der Waals surface area contributed by atoms with Crippen LogP contribution in [0.15, 0.2) is 24.3 Å². The van der Waals surface area contributed by atoms with Crippen LogP contribution in [0.5, 0.6) is 0 Å². The predicted octanol–water partition coefficient (Wildman–Crippen LogP) is 1.39. The van der Waals surface area contributed by atoms with Crippen LogP contribution in [0.1, 0.15) is 35.7 Å². The summed E-state index contributed by atoms with van der Waals surface area (Å²) < 4.78 is 4.46. The first kappa shape index (κ1) is 16.7. The Morgan fingerprint density at radius 1 is 1.29 bits per heavy atom. The van der Waals surface area contributed by atoms with Crippen molar-refractivity contribution in [2.24, 2.45) is 0 Å². The fraction of sp³-hybridized carbons (Fsp3) is 0.400. The van der Waals surface area contributed by atoms with Gasteiger partial charge in [-0.05, 0) is 24.5 Å². The molecule has 1 rings (SSSR count). The van der Waals surface area contributed by atoms with Crippen molar-refractivity contribution in [2.45, 2.75) is 32.2 Å². The molecular formula is C15H19NO5. The fourth-order valence-corrected chi connectivity index (χ4v) is 1.91. The number of carboxylic acids is 1. The summed E-state index contributed by atoms with van der Waals surface area (Å²) in [4.78, 5) is 34.4. The number of carbonyl (C=O) groups is 3. The monoisotopic (exact) mass is 293 g/mol. The Balaban J connectivity index is 2.76. The van der Waals surface area contributed by atoms with Gasteiger partial charge in [0.1, 0.15) is 6.04 Å². The van der Waals surface area contributed by atoms with Crippen LogP contribution in [0.2, 0.25) is 0 Å². The van der Waals surface area contributed by atoms with Crippen molar-refractivity contribution in [3.05, 3.63) is 35.4 Å². The predicted molar refractivity (Wildman–Crippen MR) is 76.0 cm³/mol. The van der Waals surface area contributed by atoms with Gasteiger partial charge in [-0.1, -0.05) is 25.1 Å². The Bertz CT molecular complexity index is 527. The molecule has 0 radical (unpaired) electrons. The molecule has 0 aromatic heterocycles. The molecule has 1 atom stereocenters. The lowest BCUT2D eigenvalue weighted by Gasteiger charge is -2.15. The van der Waals surface area contributed by atoms with Gasteiger partial charge in [0.05, 0.1) is 7.11 Å². The quantitative estimate of drug-likeness (QED) is 0.741. The summed E-state index contributed by atoms with van der Waals surface area (Å²) in [5.74, 6) is -2.14. The molecule has 6 heteroatoms. The summed E-state index contributed by atoms with van der Waals surface area (Å²) >= 11 is 0. The number of ether oxygens (including phenoxy) is 1. The molecule has 0 fully saturated rings. The van der Waals surface area contributed by atoms with E-state index in [1.54, 1.807) is 12.1 Å². The van der Waals surface area contributed by atoms with Crippen molar-refractivity contribution in [3.63, 3.8) is 0 Å². The van der Waals surface area contributed by atoms with Gasteiger partial charge in [-0.3, -0.25) is 9.59 Å². The van der Waals surface area contributed by atoms with Crippen LogP contribution in [0.3, 0.4) is 0 Å². The van der Waals surface area contributed by atoms with E-state index in [2.05, 4.69) is 10.1 Å². The summed E-state index contributed by atoms with van der Waals surface area (Å²) in [6.45, 7) is 1.91. The van der Waals surface area contributed by atoms with E-state index in [9.17, 15) is 14.4 Å². The highest BCUT2D eigenvalue weighted by Gasteiger charge is 2.22. The molecule has 0 heterocycles. The number of hydrogen-bond acceptors (Lipinski definition) is 4. The van der Waals surface area contributed by atoms with E-state index in [0.29, 0.717) is 12.0 Å². The minimum Gasteiger partial charge on any atom is -0.480 e. The zero-order chi connectivity index (χ0) is 15.8.